The van der Waals surface area contributed by atoms with Crippen LogP contribution in [0.15, 0.2) is 48.5 Å². The lowest BCUT2D eigenvalue weighted by molar-refractivity contribution is 0.293. The Morgan fingerprint density at radius 2 is 1.79 bits per heavy atom. The zero-order valence-electron chi connectivity index (χ0n) is 12.7. The van der Waals surface area contributed by atoms with Crippen LogP contribution >= 0.6 is 23.5 Å². The maximum Gasteiger partial charge on any atom is 0.176 e. The standard InChI is InChI=1S/C16H17FN4OS2/c17-12-6-7-13(11(8-12)9-23-15(18)19)22-14(24-16(20)21)10-4-2-1-3-5-10/h1-8,14H,9H2,(H3,18,19)(H3,20,21). The van der Waals surface area contributed by atoms with Gasteiger partial charge in [0.15, 0.2) is 15.8 Å². The Hall–Kier alpha value is -2.19. The van der Waals surface area contributed by atoms with Crippen molar-refractivity contribution in [1.29, 1.82) is 10.8 Å². The Morgan fingerprint density at radius 1 is 1.08 bits per heavy atom. The van der Waals surface area contributed by atoms with E-state index in [-0.39, 0.29) is 10.3 Å². The number of hydrogen-bond acceptors (Lipinski definition) is 5. The summed E-state index contributed by atoms with van der Waals surface area (Å²) in [4.78, 5) is 0. The van der Waals surface area contributed by atoms with Crippen molar-refractivity contribution in [1.82, 2.24) is 0 Å². The van der Waals surface area contributed by atoms with Crippen molar-refractivity contribution in [2.24, 2.45) is 11.5 Å². The number of thioether (sulfide) groups is 2. The number of ether oxygens (including phenoxy) is 1. The highest BCUT2D eigenvalue weighted by atomic mass is 32.2. The Bertz CT molecular complexity index is 727. The van der Waals surface area contributed by atoms with Gasteiger partial charge in [0.05, 0.1) is 0 Å². The molecule has 2 rings (SSSR count). The monoisotopic (exact) mass is 364 g/mol. The van der Waals surface area contributed by atoms with Crippen LogP contribution in [-0.2, 0) is 5.75 Å². The van der Waals surface area contributed by atoms with Gasteiger partial charge in [0.1, 0.15) is 11.6 Å². The van der Waals surface area contributed by atoms with Gasteiger partial charge in [0.25, 0.3) is 0 Å². The first-order valence-electron chi connectivity index (χ1n) is 6.93. The molecule has 0 aliphatic heterocycles. The fourth-order valence-electron chi connectivity index (χ4n) is 1.93. The van der Waals surface area contributed by atoms with Gasteiger partial charge in [0, 0.05) is 16.9 Å². The van der Waals surface area contributed by atoms with Crippen LogP contribution in [0.1, 0.15) is 16.6 Å². The molecule has 0 amide bonds. The molecule has 1 unspecified atom stereocenters. The highest BCUT2D eigenvalue weighted by Crippen LogP contribution is 2.34. The zero-order valence-corrected chi connectivity index (χ0v) is 14.3. The lowest BCUT2D eigenvalue weighted by Gasteiger charge is -2.20. The molecule has 0 saturated heterocycles. The Balaban J connectivity index is 2.28. The highest BCUT2D eigenvalue weighted by Gasteiger charge is 2.18. The van der Waals surface area contributed by atoms with Crippen LogP contribution < -0.4 is 16.2 Å². The van der Waals surface area contributed by atoms with Crippen LogP contribution in [0.25, 0.3) is 0 Å². The van der Waals surface area contributed by atoms with Gasteiger partial charge in [-0.25, -0.2) is 4.39 Å². The van der Waals surface area contributed by atoms with E-state index < -0.39 is 11.3 Å². The summed E-state index contributed by atoms with van der Waals surface area (Å²) in [5.74, 6) is 0.388. The van der Waals surface area contributed by atoms with Gasteiger partial charge in [-0.2, -0.15) is 0 Å². The summed E-state index contributed by atoms with van der Waals surface area (Å²) < 4.78 is 19.5. The summed E-state index contributed by atoms with van der Waals surface area (Å²) in [5.41, 5.74) is 11.7. The second kappa shape index (κ2) is 8.60. The number of amidine groups is 2. The predicted molar refractivity (Wildman–Crippen MR) is 98.9 cm³/mol. The van der Waals surface area contributed by atoms with Gasteiger partial charge in [0.2, 0.25) is 0 Å². The highest BCUT2D eigenvalue weighted by molar-refractivity contribution is 8.13. The van der Waals surface area contributed by atoms with Crippen molar-refractivity contribution in [3.8, 4) is 5.75 Å². The van der Waals surface area contributed by atoms with Crippen molar-refractivity contribution in [3.05, 3.63) is 65.5 Å². The van der Waals surface area contributed by atoms with E-state index >= 15 is 0 Å². The molecule has 6 N–H and O–H groups in total. The molecule has 0 aliphatic carbocycles. The van der Waals surface area contributed by atoms with Crippen molar-refractivity contribution in [3.63, 3.8) is 0 Å². The average molecular weight is 364 g/mol. The minimum atomic E-state index is -0.532. The molecule has 126 valence electrons. The van der Waals surface area contributed by atoms with E-state index in [1.54, 1.807) is 0 Å². The number of nitrogens with two attached hydrogens (primary N) is 2. The first kappa shape index (κ1) is 18.2. The molecule has 5 nitrogen and oxygen atoms in total. The van der Waals surface area contributed by atoms with Crippen LogP contribution in [-0.4, -0.2) is 10.3 Å². The third-order valence-electron chi connectivity index (χ3n) is 2.95. The Kier molecular flexibility index (Phi) is 6.51. The molecule has 0 radical (unpaired) electrons. The first-order chi connectivity index (χ1) is 11.5. The fraction of sp³-hybridized carbons (Fsp3) is 0.125. The first-order valence-corrected chi connectivity index (χ1v) is 8.79. The Labute approximate surface area is 148 Å². The summed E-state index contributed by atoms with van der Waals surface area (Å²) in [7, 11) is 0. The maximum absolute atomic E-state index is 13.5. The normalized spacial score (nSPS) is 11.7. The van der Waals surface area contributed by atoms with Gasteiger partial charge in [-0.1, -0.05) is 42.1 Å². The van der Waals surface area contributed by atoms with E-state index in [9.17, 15) is 4.39 Å². The predicted octanol–water partition coefficient (Wildman–Crippen LogP) is 3.66. The number of halogens is 1. The summed E-state index contributed by atoms with van der Waals surface area (Å²) >= 11 is 2.14. The zero-order chi connectivity index (χ0) is 17.5. The maximum atomic E-state index is 13.5. The minimum absolute atomic E-state index is 0.0528. The summed E-state index contributed by atoms with van der Waals surface area (Å²) in [6.07, 6.45) is 0. The van der Waals surface area contributed by atoms with E-state index in [4.69, 9.17) is 27.0 Å². The molecular weight excluding hydrogens is 347 g/mol. The second-order valence-electron chi connectivity index (χ2n) is 4.75. The number of rotatable bonds is 6. The van der Waals surface area contributed by atoms with E-state index in [1.807, 2.05) is 30.3 Å². The smallest absolute Gasteiger partial charge is 0.176 e. The van der Waals surface area contributed by atoms with Crippen LogP contribution in [0.4, 0.5) is 4.39 Å². The molecular formula is C16H17FN4OS2. The number of hydrogen-bond donors (Lipinski definition) is 4. The largest absolute Gasteiger partial charge is 0.474 e. The minimum Gasteiger partial charge on any atom is -0.474 e. The molecule has 8 heteroatoms. The van der Waals surface area contributed by atoms with Crippen LogP contribution in [0.2, 0.25) is 0 Å². The number of benzene rings is 2. The van der Waals surface area contributed by atoms with E-state index in [2.05, 4.69) is 0 Å². The van der Waals surface area contributed by atoms with Gasteiger partial charge >= 0.3 is 0 Å². The van der Waals surface area contributed by atoms with Gasteiger partial charge in [-0.15, -0.1) is 0 Å². The molecule has 2 aromatic carbocycles. The summed E-state index contributed by atoms with van der Waals surface area (Å²) in [5, 5.41) is 14.7. The van der Waals surface area contributed by atoms with E-state index in [0.29, 0.717) is 17.1 Å². The number of nitrogens with one attached hydrogen (secondary N) is 2. The fourth-order valence-corrected chi connectivity index (χ4v) is 3.14. The van der Waals surface area contributed by atoms with Crippen molar-refractivity contribution < 1.29 is 9.13 Å². The molecule has 1 atom stereocenters. The van der Waals surface area contributed by atoms with Gasteiger partial charge in [-0.3, -0.25) is 10.8 Å². The second-order valence-corrected chi connectivity index (χ2v) is 6.87. The average Bonchev–Trinajstić information content (AvgIpc) is 2.54. The molecule has 0 fully saturated rings. The van der Waals surface area contributed by atoms with Crippen molar-refractivity contribution in [2.45, 2.75) is 11.2 Å². The molecule has 0 spiro atoms. The van der Waals surface area contributed by atoms with Gasteiger partial charge < -0.3 is 16.2 Å². The lowest BCUT2D eigenvalue weighted by Crippen LogP contribution is -2.13. The van der Waals surface area contributed by atoms with Crippen molar-refractivity contribution >= 4 is 33.9 Å². The molecule has 0 aliphatic rings. The summed E-state index contributed by atoms with van der Waals surface area (Å²) in [6.45, 7) is 0. The quantitative estimate of drug-likeness (QED) is 0.355. The molecule has 0 aromatic heterocycles. The Morgan fingerprint density at radius 3 is 2.42 bits per heavy atom. The molecule has 0 heterocycles. The molecule has 2 aromatic rings. The summed E-state index contributed by atoms with van der Waals surface area (Å²) in [6, 6.07) is 13.5. The SMILES string of the molecule is N=C(N)SCc1cc(F)ccc1OC(SC(=N)N)c1ccccc1. The van der Waals surface area contributed by atoms with Crippen molar-refractivity contribution in [2.75, 3.05) is 0 Å². The van der Waals surface area contributed by atoms with E-state index in [0.717, 1.165) is 29.1 Å². The van der Waals surface area contributed by atoms with E-state index in [1.165, 1.54) is 18.2 Å². The van der Waals surface area contributed by atoms with Crippen LogP contribution in [0.5, 0.6) is 5.75 Å². The topological polar surface area (TPSA) is 109 Å². The lowest BCUT2D eigenvalue weighted by atomic mass is 10.2. The molecule has 24 heavy (non-hydrogen) atoms. The molecule has 0 saturated carbocycles. The third-order valence-corrected chi connectivity index (χ3v) is 4.55. The van der Waals surface area contributed by atoms with Crippen LogP contribution in [0.3, 0.4) is 0 Å². The molecule has 0 bridgehead atoms. The third kappa shape index (κ3) is 5.47. The van der Waals surface area contributed by atoms with Gasteiger partial charge in [-0.05, 0) is 30.0 Å². The van der Waals surface area contributed by atoms with Crippen LogP contribution in [0, 0.1) is 16.6 Å².